The van der Waals surface area contributed by atoms with Crippen LogP contribution in [0.25, 0.3) is 0 Å². The molecule has 0 saturated heterocycles. The fourth-order valence-corrected chi connectivity index (χ4v) is 1.70. The largest absolute Gasteiger partial charge is 0.465 e. The van der Waals surface area contributed by atoms with E-state index in [0.717, 1.165) is 12.2 Å². The maximum absolute atomic E-state index is 11.5. The van der Waals surface area contributed by atoms with Crippen molar-refractivity contribution in [2.24, 2.45) is 0 Å². The van der Waals surface area contributed by atoms with Crippen molar-refractivity contribution in [2.45, 2.75) is 13.3 Å². The van der Waals surface area contributed by atoms with E-state index in [1.165, 1.54) is 7.11 Å². The number of ether oxygens (including phenoxy) is 1. The number of nitriles is 1. The second kappa shape index (κ2) is 6.50. The molecule has 5 nitrogen and oxygen atoms in total. The van der Waals surface area contributed by atoms with Gasteiger partial charge in [-0.2, -0.15) is 5.26 Å². The molecule has 96 valence electrons. The highest BCUT2D eigenvalue weighted by Gasteiger charge is 2.12. The molecule has 0 aliphatic rings. The maximum atomic E-state index is 11.5. The molecule has 0 aliphatic carbocycles. The van der Waals surface area contributed by atoms with E-state index in [1.807, 2.05) is 11.8 Å². The molecular formula is C13H17N3O2. The number of esters is 1. The molecule has 0 aromatic heterocycles. The van der Waals surface area contributed by atoms with Crippen molar-refractivity contribution >= 4 is 17.3 Å². The van der Waals surface area contributed by atoms with Gasteiger partial charge in [0.15, 0.2) is 0 Å². The summed E-state index contributed by atoms with van der Waals surface area (Å²) in [5, 5.41) is 8.63. The fourth-order valence-electron chi connectivity index (χ4n) is 1.70. The molecule has 18 heavy (non-hydrogen) atoms. The Bertz CT molecular complexity index is 466. The molecule has 2 N–H and O–H groups in total. The van der Waals surface area contributed by atoms with Crippen LogP contribution in [0.5, 0.6) is 0 Å². The summed E-state index contributed by atoms with van der Waals surface area (Å²) in [7, 11) is 1.34. The van der Waals surface area contributed by atoms with Crippen molar-refractivity contribution in [1.29, 1.82) is 5.26 Å². The molecular weight excluding hydrogens is 230 g/mol. The summed E-state index contributed by atoms with van der Waals surface area (Å²) >= 11 is 0. The average molecular weight is 247 g/mol. The first kappa shape index (κ1) is 13.8. The van der Waals surface area contributed by atoms with Gasteiger partial charge >= 0.3 is 5.97 Å². The van der Waals surface area contributed by atoms with E-state index >= 15 is 0 Å². The van der Waals surface area contributed by atoms with Crippen LogP contribution in [0.15, 0.2) is 18.2 Å². The number of carbonyl (C=O) groups excluding carboxylic acids is 1. The van der Waals surface area contributed by atoms with Gasteiger partial charge in [0.2, 0.25) is 0 Å². The third kappa shape index (κ3) is 3.14. The number of nitrogens with two attached hydrogens (primary N) is 1. The van der Waals surface area contributed by atoms with Crippen LogP contribution in [0.1, 0.15) is 23.7 Å². The highest BCUT2D eigenvalue weighted by molar-refractivity contribution is 5.92. The Morgan fingerprint density at radius 2 is 2.28 bits per heavy atom. The molecule has 1 aromatic carbocycles. The SMILES string of the molecule is CCN(CCC#N)c1cc(C(=O)OC)ccc1N. The van der Waals surface area contributed by atoms with E-state index in [-0.39, 0.29) is 0 Å². The number of anilines is 2. The van der Waals surface area contributed by atoms with Crippen LogP contribution < -0.4 is 10.6 Å². The van der Waals surface area contributed by atoms with E-state index < -0.39 is 5.97 Å². The van der Waals surface area contributed by atoms with Gasteiger partial charge in [0, 0.05) is 13.1 Å². The van der Waals surface area contributed by atoms with Crippen LogP contribution in [-0.4, -0.2) is 26.2 Å². The van der Waals surface area contributed by atoms with Gasteiger partial charge in [0.05, 0.1) is 36.5 Å². The Balaban J connectivity index is 3.05. The summed E-state index contributed by atoms with van der Waals surface area (Å²) < 4.78 is 4.68. The number of carbonyl (C=O) groups is 1. The second-order valence-corrected chi connectivity index (χ2v) is 3.75. The number of hydrogen-bond donors (Lipinski definition) is 1. The van der Waals surface area contributed by atoms with Crippen LogP contribution in [0.3, 0.4) is 0 Å². The van der Waals surface area contributed by atoms with E-state index in [2.05, 4.69) is 10.8 Å². The first-order chi connectivity index (χ1) is 8.63. The van der Waals surface area contributed by atoms with Crippen LogP contribution >= 0.6 is 0 Å². The van der Waals surface area contributed by atoms with Crippen molar-refractivity contribution in [3.8, 4) is 6.07 Å². The van der Waals surface area contributed by atoms with Crippen LogP contribution in [0, 0.1) is 11.3 Å². The van der Waals surface area contributed by atoms with E-state index in [0.29, 0.717) is 24.2 Å². The first-order valence-corrected chi connectivity index (χ1v) is 5.73. The van der Waals surface area contributed by atoms with E-state index in [4.69, 9.17) is 11.0 Å². The molecule has 0 heterocycles. The molecule has 0 aliphatic heterocycles. The second-order valence-electron chi connectivity index (χ2n) is 3.75. The van der Waals surface area contributed by atoms with Crippen LogP contribution in [-0.2, 0) is 4.74 Å². The predicted molar refractivity (Wildman–Crippen MR) is 70.3 cm³/mol. The maximum Gasteiger partial charge on any atom is 0.337 e. The van der Waals surface area contributed by atoms with Crippen molar-refractivity contribution in [1.82, 2.24) is 0 Å². The summed E-state index contributed by atoms with van der Waals surface area (Å²) in [4.78, 5) is 13.4. The highest BCUT2D eigenvalue weighted by atomic mass is 16.5. The molecule has 0 unspecified atom stereocenters. The highest BCUT2D eigenvalue weighted by Crippen LogP contribution is 2.25. The molecule has 0 amide bonds. The number of nitrogens with zero attached hydrogens (tertiary/aromatic N) is 2. The van der Waals surface area contributed by atoms with Gasteiger partial charge in [-0.15, -0.1) is 0 Å². The van der Waals surface area contributed by atoms with E-state index in [9.17, 15) is 4.79 Å². The topological polar surface area (TPSA) is 79.3 Å². The lowest BCUT2D eigenvalue weighted by Gasteiger charge is -2.23. The summed E-state index contributed by atoms with van der Waals surface area (Å²) in [6, 6.07) is 7.10. The molecule has 0 saturated carbocycles. The van der Waals surface area contributed by atoms with Crippen molar-refractivity contribution < 1.29 is 9.53 Å². The molecule has 0 fully saturated rings. The predicted octanol–water partition coefficient (Wildman–Crippen LogP) is 1.80. The monoisotopic (exact) mass is 247 g/mol. The lowest BCUT2D eigenvalue weighted by molar-refractivity contribution is 0.0601. The molecule has 0 bridgehead atoms. The molecule has 0 radical (unpaired) electrons. The normalized spacial score (nSPS) is 9.61. The Morgan fingerprint density at radius 1 is 1.56 bits per heavy atom. The molecule has 1 rings (SSSR count). The summed E-state index contributed by atoms with van der Waals surface area (Å²) in [6.45, 7) is 3.28. The molecule has 0 atom stereocenters. The number of methoxy groups -OCH3 is 1. The summed E-state index contributed by atoms with van der Waals surface area (Å²) in [6.07, 6.45) is 0.412. The van der Waals surface area contributed by atoms with Crippen molar-refractivity contribution in [3.05, 3.63) is 23.8 Å². The molecule has 5 heteroatoms. The number of benzene rings is 1. The average Bonchev–Trinajstić information content (AvgIpc) is 2.40. The minimum atomic E-state index is -0.396. The van der Waals surface area contributed by atoms with Crippen LogP contribution in [0.2, 0.25) is 0 Å². The van der Waals surface area contributed by atoms with Gasteiger partial charge in [-0.05, 0) is 25.1 Å². The van der Waals surface area contributed by atoms with Gasteiger partial charge in [0.25, 0.3) is 0 Å². The zero-order chi connectivity index (χ0) is 13.5. The summed E-state index contributed by atoms with van der Waals surface area (Å²) in [5.74, 6) is -0.396. The smallest absolute Gasteiger partial charge is 0.337 e. The van der Waals surface area contributed by atoms with Gasteiger partial charge in [-0.3, -0.25) is 0 Å². The fraction of sp³-hybridized carbons (Fsp3) is 0.385. The minimum absolute atomic E-state index is 0.396. The van der Waals surface area contributed by atoms with Gasteiger partial charge in [0.1, 0.15) is 0 Å². The van der Waals surface area contributed by atoms with Gasteiger partial charge < -0.3 is 15.4 Å². The molecule has 0 spiro atoms. The Kier molecular flexibility index (Phi) is 5.00. The summed E-state index contributed by atoms with van der Waals surface area (Å²) in [5.41, 5.74) is 7.70. The number of nitrogen functional groups attached to an aromatic ring is 1. The Hall–Kier alpha value is -2.22. The zero-order valence-electron chi connectivity index (χ0n) is 10.6. The third-order valence-corrected chi connectivity index (χ3v) is 2.67. The Morgan fingerprint density at radius 3 is 2.83 bits per heavy atom. The Labute approximate surface area is 107 Å². The van der Waals surface area contributed by atoms with Crippen molar-refractivity contribution in [3.63, 3.8) is 0 Å². The zero-order valence-corrected chi connectivity index (χ0v) is 10.6. The quantitative estimate of drug-likeness (QED) is 0.634. The molecule has 1 aromatic rings. The lowest BCUT2D eigenvalue weighted by Crippen LogP contribution is -2.25. The first-order valence-electron chi connectivity index (χ1n) is 5.73. The van der Waals surface area contributed by atoms with Crippen LogP contribution in [0.4, 0.5) is 11.4 Å². The standard InChI is InChI=1S/C13H17N3O2/c1-3-16(8-4-7-14)12-9-10(13(17)18-2)5-6-11(12)15/h5-6,9H,3-4,8,15H2,1-2H3. The van der Waals surface area contributed by atoms with Crippen molar-refractivity contribution in [2.75, 3.05) is 30.8 Å². The minimum Gasteiger partial charge on any atom is -0.465 e. The third-order valence-electron chi connectivity index (χ3n) is 2.67. The number of hydrogen-bond acceptors (Lipinski definition) is 5. The van der Waals surface area contributed by atoms with Gasteiger partial charge in [-0.1, -0.05) is 0 Å². The lowest BCUT2D eigenvalue weighted by atomic mass is 10.1. The van der Waals surface area contributed by atoms with E-state index in [1.54, 1.807) is 18.2 Å². The number of rotatable bonds is 5. The van der Waals surface area contributed by atoms with Gasteiger partial charge in [-0.25, -0.2) is 4.79 Å².